The number of hydrogen-bond donors (Lipinski definition) is 1. The third-order valence-electron chi connectivity index (χ3n) is 3.63. The predicted molar refractivity (Wildman–Crippen MR) is 91.1 cm³/mol. The molecule has 0 amide bonds. The molecule has 22 heavy (non-hydrogen) atoms. The highest BCUT2D eigenvalue weighted by atomic mass is 32.1. The molecule has 0 radical (unpaired) electrons. The molecule has 4 nitrogen and oxygen atoms in total. The van der Waals surface area contributed by atoms with Crippen molar-refractivity contribution in [3.8, 4) is 11.5 Å². The lowest BCUT2D eigenvalue weighted by molar-refractivity contribution is 0.354. The van der Waals surface area contributed by atoms with Crippen molar-refractivity contribution in [2.45, 2.75) is 32.1 Å². The van der Waals surface area contributed by atoms with Crippen molar-refractivity contribution >= 4 is 11.3 Å². The molecule has 0 saturated heterocycles. The molecular weight excluding hydrogens is 296 g/mol. The van der Waals surface area contributed by atoms with Crippen molar-refractivity contribution in [3.05, 3.63) is 39.8 Å². The Kier molecular flexibility index (Phi) is 5.42. The van der Waals surface area contributed by atoms with Crippen LogP contribution in [-0.4, -0.2) is 25.7 Å². The highest BCUT2D eigenvalue weighted by Crippen LogP contribution is 2.34. The van der Waals surface area contributed by atoms with Gasteiger partial charge in [0.25, 0.3) is 0 Å². The van der Waals surface area contributed by atoms with Crippen LogP contribution in [0.1, 0.15) is 30.1 Å². The van der Waals surface area contributed by atoms with E-state index in [0.717, 1.165) is 35.0 Å². The minimum absolute atomic E-state index is 0.0306. The number of thiazole rings is 1. The molecular formula is C17H24N2O2S. The summed E-state index contributed by atoms with van der Waals surface area (Å²) in [4.78, 5) is 4.73. The van der Waals surface area contributed by atoms with Crippen molar-refractivity contribution in [2.24, 2.45) is 5.73 Å². The van der Waals surface area contributed by atoms with E-state index in [-0.39, 0.29) is 5.41 Å². The van der Waals surface area contributed by atoms with E-state index in [9.17, 15) is 0 Å². The second kappa shape index (κ2) is 7.11. The lowest BCUT2D eigenvalue weighted by Gasteiger charge is -2.22. The summed E-state index contributed by atoms with van der Waals surface area (Å²) >= 11 is 1.71. The van der Waals surface area contributed by atoms with Crippen molar-refractivity contribution in [1.82, 2.24) is 4.98 Å². The van der Waals surface area contributed by atoms with Crippen LogP contribution in [0.15, 0.2) is 23.6 Å². The van der Waals surface area contributed by atoms with Gasteiger partial charge in [-0.15, -0.1) is 11.3 Å². The summed E-state index contributed by atoms with van der Waals surface area (Å²) in [7, 11) is 3.31. The zero-order chi connectivity index (χ0) is 16.2. The van der Waals surface area contributed by atoms with Crippen LogP contribution in [0, 0.1) is 0 Å². The fraction of sp³-hybridized carbons (Fsp3) is 0.471. The molecule has 2 aromatic rings. The van der Waals surface area contributed by atoms with Gasteiger partial charge in [-0.05, 0) is 30.7 Å². The molecule has 0 spiro atoms. The lowest BCUT2D eigenvalue weighted by atomic mass is 9.86. The molecule has 0 unspecified atom stereocenters. The lowest BCUT2D eigenvalue weighted by Crippen LogP contribution is -2.20. The van der Waals surface area contributed by atoms with Gasteiger partial charge in [-0.1, -0.05) is 19.9 Å². The highest BCUT2D eigenvalue weighted by Gasteiger charge is 2.25. The van der Waals surface area contributed by atoms with E-state index in [1.54, 1.807) is 25.6 Å². The van der Waals surface area contributed by atoms with Gasteiger partial charge in [0.1, 0.15) is 0 Å². The molecule has 1 heterocycles. The van der Waals surface area contributed by atoms with Crippen molar-refractivity contribution in [1.29, 1.82) is 0 Å². The Morgan fingerprint density at radius 1 is 1.18 bits per heavy atom. The van der Waals surface area contributed by atoms with Gasteiger partial charge in [0.15, 0.2) is 11.5 Å². The molecule has 0 atom stereocenters. The molecule has 0 aliphatic rings. The summed E-state index contributed by atoms with van der Waals surface area (Å²) in [5.41, 5.74) is 7.86. The zero-order valence-corrected chi connectivity index (χ0v) is 14.5. The highest BCUT2D eigenvalue weighted by molar-refractivity contribution is 7.09. The predicted octanol–water partition coefficient (Wildman–Crippen LogP) is 3.18. The first kappa shape index (κ1) is 16.8. The monoisotopic (exact) mass is 320 g/mol. The standard InChI is InChI=1S/C17H24N2O2S/c1-17(2,16-19-13(7-8-18)11-22-16)10-12-5-6-14(20-3)15(9-12)21-4/h5-6,9,11H,7-8,10,18H2,1-4H3. The van der Waals surface area contributed by atoms with Crippen LogP contribution in [0.3, 0.4) is 0 Å². The Morgan fingerprint density at radius 2 is 1.91 bits per heavy atom. The number of nitrogens with zero attached hydrogens (tertiary/aromatic N) is 1. The fourth-order valence-corrected chi connectivity index (χ4v) is 3.44. The van der Waals surface area contributed by atoms with Crippen molar-refractivity contribution in [3.63, 3.8) is 0 Å². The smallest absolute Gasteiger partial charge is 0.160 e. The Bertz CT molecular complexity index is 623. The second-order valence-electron chi connectivity index (χ2n) is 5.93. The maximum absolute atomic E-state index is 5.60. The number of ether oxygens (including phenoxy) is 2. The van der Waals surface area contributed by atoms with E-state index in [0.29, 0.717) is 6.54 Å². The normalized spacial score (nSPS) is 11.5. The molecule has 0 fully saturated rings. The maximum atomic E-state index is 5.60. The molecule has 1 aromatic carbocycles. The molecule has 0 aliphatic carbocycles. The third kappa shape index (κ3) is 3.78. The molecule has 2 rings (SSSR count). The van der Waals surface area contributed by atoms with Gasteiger partial charge in [-0.2, -0.15) is 0 Å². The van der Waals surface area contributed by atoms with Crippen molar-refractivity contribution < 1.29 is 9.47 Å². The van der Waals surface area contributed by atoms with Crippen molar-refractivity contribution in [2.75, 3.05) is 20.8 Å². The second-order valence-corrected chi connectivity index (χ2v) is 6.79. The van der Waals surface area contributed by atoms with Crippen LogP contribution in [0.4, 0.5) is 0 Å². The average Bonchev–Trinajstić information content (AvgIpc) is 2.96. The molecule has 5 heteroatoms. The Labute approximate surface area is 136 Å². The SMILES string of the molecule is COc1ccc(CC(C)(C)c2nc(CCN)cs2)cc1OC. The van der Waals surface area contributed by atoms with E-state index in [4.69, 9.17) is 20.2 Å². The minimum Gasteiger partial charge on any atom is -0.493 e. The fourth-order valence-electron chi connectivity index (χ4n) is 2.46. The number of nitrogens with two attached hydrogens (primary N) is 1. The number of rotatable bonds is 7. The van der Waals surface area contributed by atoms with Gasteiger partial charge in [-0.3, -0.25) is 0 Å². The third-order valence-corrected chi connectivity index (χ3v) is 4.88. The summed E-state index contributed by atoms with van der Waals surface area (Å²) in [5.74, 6) is 1.52. The molecule has 1 aromatic heterocycles. The summed E-state index contributed by atoms with van der Waals surface area (Å²) in [5, 5.41) is 3.25. The van der Waals surface area contributed by atoms with E-state index in [1.165, 1.54) is 5.56 Å². The summed E-state index contributed by atoms with van der Waals surface area (Å²) in [6, 6.07) is 6.07. The largest absolute Gasteiger partial charge is 0.493 e. The minimum atomic E-state index is -0.0306. The number of hydrogen-bond acceptors (Lipinski definition) is 5. The van der Waals surface area contributed by atoms with Gasteiger partial charge < -0.3 is 15.2 Å². The van der Waals surface area contributed by atoms with Gasteiger partial charge in [0, 0.05) is 17.2 Å². The summed E-state index contributed by atoms with van der Waals surface area (Å²) < 4.78 is 10.7. The van der Waals surface area contributed by atoms with Crippen LogP contribution in [0.5, 0.6) is 11.5 Å². The van der Waals surface area contributed by atoms with Crippen LogP contribution in [0.25, 0.3) is 0 Å². The van der Waals surface area contributed by atoms with Crippen LogP contribution >= 0.6 is 11.3 Å². The average molecular weight is 320 g/mol. The maximum Gasteiger partial charge on any atom is 0.160 e. The number of aromatic nitrogens is 1. The van der Waals surface area contributed by atoms with E-state index in [1.807, 2.05) is 12.1 Å². The van der Waals surface area contributed by atoms with E-state index in [2.05, 4.69) is 25.3 Å². The van der Waals surface area contributed by atoms with E-state index < -0.39 is 0 Å². The van der Waals surface area contributed by atoms with Gasteiger partial charge in [0.05, 0.1) is 24.9 Å². The number of methoxy groups -OCH3 is 2. The van der Waals surface area contributed by atoms with Crippen LogP contribution in [-0.2, 0) is 18.3 Å². The Morgan fingerprint density at radius 3 is 2.55 bits per heavy atom. The Hall–Kier alpha value is -1.59. The van der Waals surface area contributed by atoms with Crippen LogP contribution in [0.2, 0.25) is 0 Å². The first-order valence-corrected chi connectivity index (χ1v) is 8.24. The first-order chi connectivity index (χ1) is 10.5. The molecule has 0 bridgehead atoms. The van der Waals surface area contributed by atoms with E-state index >= 15 is 0 Å². The zero-order valence-electron chi connectivity index (χ0n) is 13.7. The summed E-state index contributed by atoms with van der Waals surface area (Å²) in [6.45, 7) is 5.07. The number of benzene rings is 1. The van der Waals surface area contributed by atoms with Gasteiger partial charge >= 0.3 is 0 Å². The first-order valence-electron chi connectivity index (χ1n) is 7.36. The quantitative estimate of drug-likeness (QED) is 0.851. The van der Waals surface area contributed by atoms with Gasteiger partial charge in [0.2, 0.25) is 0 Å². The molecule has 0 saturated carbocycles. The topological polar surface area (TPSA) is 57.4 Å². The van der Waals surface area contributed by atoms with Crippen LogP contribution < -0.4 is 15.2 Å². The molecule has 120 valence electrons. The Balaban J connectivity index is 2.20. The van der Waals surface area contributed by atoms with Gasteiger partial charge in [-0.25, -0.2) is 4.98 Å². The molecule has 2 N–H and O–H groups in total. The molecule has 0 aliphatic heterocycles. The summed E-state index contributed by atoms with van der Waals surface area (Å²) in [6.07, 6.45) is 1.73.